The number of aliphatic hydroxyl groups is 27. The van der Waals surface area contributed by atoms with Gasteiger partial charge in [0.25, 0.3) is 11.7 Å². The van der Waals surface area contributed by atoms with E-state index in [0.29, 0.717) is 0 Å². The Labute approximate surface area is 789 Å². The molecule has 51 atom stereocenters. The molecule has 11 aliphatic rings. The van der Waals surface area contributed by atoms with Crippen LogP contribution in [0.15, 0.2) is 10.1 Å². The summed E-state index contributed by atoms with van der Waals surface area (Å²) in [6.07, 6.45) is -94.7. The van der Waals surface area contributed by atoms with Gasteiger partial charge >= 0.3 is 0 Å². The van der Waals surface area contributed by atoms with Crippen molar-refractivity contribution >= 4 is 29.5 Å². The molecule has 11 rings (SSSR count). The van der Waals surface area contributed by atoms with Crippen LogP contribution in [0, 0.1) is 5.92 Å². The zero-order valence-corrected chi connectivity index (χ0v) is 75.4. The fourth-order valence-electron chi connectivity index (χ4n) is 17.8. The highest BCUT2D eigenvalue weighted by molar-refractivity contribution is 5.84. The number of carbonyl (C=O) groups is 4. The van der Waals surface area contributed by atoms with Crippen molar-refractivity contribution < 1.29 is 261 Å². The lowest BCUT2D eigenvalue weighted by Crippen LogP contribution is -2.70. The first-order chi connectivity index (χ1) is 66.1. The highest BCUT2D eigenvalue weighted by Gasteiger charge is 2.63. The summed E-state index contributed by atoms with van der Waals surface area (Å²) >= 11 is 0. The average Bonchev–Trinajstić information content (AvgIpc) is 1.12. The second kappa shape index (κ2) is 51.4. The number of fused-ring (bicyclic) bond motifs is 1. The summed E-state index contributed by atoms with van der Waals surface area (Å²) in [4.78, 5) is 60.7. The first-order valence-electron chi connectivity index (χ1n) is 44.8. The summed E-state index contributed by atoms with van der Waals surface area (Å²) < 4.78 is 131. The second-order valence-electron chi connectivity index (χ2n) is 34.9. The summed E-state index contributed by atoms with van der Waals surface area (Å²) in [5.74, 6) is -7.80. The zero-order valence-electron chi connectivity index (χ0n) is 75.4. The highest BCUT2D eigenvalue weighted by Crippen LogP contribution is 2.43. The molecular formula is C78H130N8O53. The molecule has 4 amide bonds. The monoisotopic (exact) mass is 2030 g/mol. The molecule has 31 N–H and O–H groups in total. The lowest BCUT2D eigenvalue weighted by atomic mass is 9.84. The summed E-state index contributed by atoms with van der Waals surface area (Å²) in [6.45, 7) is -5.92. The predicted octanol–water partition coefficient (Wildman–Crippen LogP) is -20.1. The van der Waals surface area contributed by atoms with Gasteiger partial charge in [-0.25, -0.2) is 4.99 Å². The zero-order chi connectivity index (χ0) is 102. The normalized spacial score (nSPS) is 45.8. The SMILES string of the molecule is CC(=O)NC1[C@H](OC2C(O)[C@H](O)[C@H](CO)O[C@@H]2O[C@@H]2C(O)[C@H](O[C@@H]3C(CO)O[C@@H](O[C@@H]4C(CO)OC5OC(C)=NC5C4O)C(NC(C)=O)[C@H]3O)OC(CO[C@H]3OC(CO)[C@@H](O)[C@H](O)C3O[C@@H]3OC(CO)[C@@H](O[C@@H]4OC(CO[C@]5(C(=O)NCCOCCOCCN=[N+]=[N-])C[C@@H](O)[C@@H](C)C([C@H](O)[C@H](O)CO)O5)[C@H](O)[C@H](O)C4O)[C@H](O)C3NC(C)=O)[C@H]2O)OC(CO)[C@@H](O[C@@H]2OC(CO)[C@H](O)[C@H](O)C2O)[C@@H]1O. The number of hydrogen-bond donors (Lipinski definition) is 31. The molecule has 0 bridgehead atoms. The van der Waals surface area contributed by atoms with E-state index in [2.05, 4.69) is 36.3 Å². The van der Waals surface area contributed by atoms with E-state index >= 15 is 0 Å². The summed E-state index contributed by atoms with van der Waals surface area (Å²) in [7, 11) is 0. The van der Waals surface area contributed by atoms with Crippen LogP contribution < -0.4 is 21.3 Å². The van der Waals surface area contributed by atoms with E-state index in [1.54, 1.807) is 0 Å². The first-order valence-corrected chi connectivity index (χ1v) is 44.8. The van der Waals surface area contributed by atoms with Gasteiger partial charge in [-0.15, -0.1) is 0 Å². The molecule has 800 valence electrons. The average molecular weight is 2030 g/mol. The third-order valence-electron chi connectivity index (χ3n) is 25.4. The molecule has 0 saturated carbocycles. The minimum atomic E-state index is -2.71. The van der Waals surface area contributed by atoms with Gasteiger partial charge < -0.3 is 263 Å². The van der Waals surface area contributed by atoms with Crippen LogP contribution in [0.1, 0.15) is 41.0 Å². The third-order valence-corrected chi connectivity index (χ3v) is 25.4. The van der Waals surface area contributed by atoms with Gasteiger partial charge in [0.2, 0.25) is 24.0 Å². The van der Waals surface area contributed by atoms with Gasteiger partial charge in [-0.3, -0.25) is 19.2 Å². The van der Waals surface area contributed by atoms with Gasteiger partial charge in [0.1, 0.15) is 232 Å². The van der Waals surface area contributed by atoms with Crippen molar-refractivity contribution in [2.45, 2.75) is 347 Å². The molecule has 0 spiro atoms. The van der Waals surface area contributed by atoms with Crippen molar-refractivity contribution in [1.82, 2.24) is 21.3 Å². The number of nitrogens with one attached hydrogen (secondary N) is 4. The molecule has 0 aromatic carbocycles. The molecule has 0 aromatic heterocycles. The van der Waals surface area contributed by atoms with E-state index < -0.39 is 408 Å². The summed E-state index contributed by atoms with van der Waals surface area (Å²) in [5.41, 5.74) is 8.50. The number of amides is 4. The topological polar surface area (TPSA) is 927 Å². The summed E-state index contributed by atoms with van der Waals surface area (Å²) in [6, 6.07) is -7.08. The highest BCUT2D eigenvalue weighted by atomic mass is 16.8. The number of aliphatic imine (C=N–C) groups is 1. The van der Waals surface area contributed by atoms with Crippen molar-refractivity contribution in [3.63, 3.8) is 0 Å². The predicted molar refractivity (Wildman–Crippen MR) is 436 cm³/mol. The Morgan fingerprint density at radius 2 is 0.813 bits per heavy atom. The van der Waals surface area contributed by atoms with Gasteiger partial charge in [0.15, 0.2) is 56.2 Å². The molecule has 139 heavy (non-hydrogen) atoms. The number of aliphatic hydroxyl groups excluding tert-OH is 27. The van der Waals surface area contributed by atoms with Crippen LogP contribution >= 0.6 is 0 Å². The van der Waals surface area contributed by atoms with Crippen molar-refractivity contribution in [3.05, 3.63) is 10.4 Å². The lowest BCUT2D eigenvalue weighted by molar-refractivity contribution is -0.399. The van der Waals surface area contributed by atoms with E-state index in [9.17, 15) is 157 Å². The molecule has 61 nitrogen and oxygen atoms in total. The Morgan fingerprint density at radius 3 is 1.27 bits per heavy atom. The van der Waals surface area contributed by atoms with E-state index in [0.717, 1.165) is 20.8 Å². The van der Waals surface area contributed by atoms with Gasteiger partial charge in [0, 0.05) is 58.0 Å². The van der Waals surface area contributed by atoms with Crippen LogP contribution in [0.3, 0.4) is 0 Å². The van der Waals surface area contributed by atoms with Crippen molar-refractivity contribution in [2.75, 3.05) is 106 Å². The fraction of sp³-hybridized carbons (Fsp3) is 0.936. The molecular weight excluding hydrogens is 1900 g/mol. The van der Waals surface area contributed by atoms with E-state index in [-0.39, 0.29) is 45.4 Å². The van der Waals surface area contributed by atoms with Crippen LogP contribution in [0.4, 0.5) is 0 Å². The van der Waals surface area contributed by atoms with Crippen molar-refractivity contribution in [2.24, 2.45) is 16.0 Å². The Balaban J connectivity index is 0.871. The number of nitrogens with zero attached hydrogens (tertiary/aromatic N) is 4. The molecule has 10 fully saturated rings. The third kappa shape index (κ3) is 26.3. The van der Waals surface area contributed by atoms with Crippen LogP contribution in [0.25, 0.3) is 10.4 Å². The molecule has 0 aliphatic carbocycles. The van der Waals surface area contributed by atoms with Crippen LogP contribution in [-0.2, 0) is 123 Å². The standard InChI is InChI=1S/C78H130N8O53/c1-23-28(98)12-78(139-60(23)43(100)29(99)13-87,77(117)80-6-8-118-10-11-119-9-7-81-86-79)121-22-38-47(104)54(111)58(115)73(131-38)134-63-35(19-93)128-70(40(50(63)107)83-25(3)96)137-66-55(112)45(102)31(15-89)124-75(66)120-21-37-48(105)65(59(116)74(130-37)135-64-36(20-94)127-69(39(49(64)106)82-24(2)95)132-61-33(17-91)126-68-42(52(61)109)85-27(5)122-68)136-76-67(56(113)46(103)32(16-90)125-76)138-71-41(84-26(4)97)51(108)62(34(18-92)129-71)133-72-57(114)53(110)44(101)30(14-88)123-72/h23,28-76,87-94,98-116H,6-22H2,1-5H3,(H,80,117)(H,82,95)(H,83,96)(H,84,97)/t23-,28-,29-,30?,31?,32+,33?,34?,35?,36?,37?,38?,39?,40?,41?,42?,43-,44+,45-,46-,47+,48-,49-,50-,51-,52?,53+,54+,55+,56?,57?,58?,59?,60?,61-,62-,63-,64-,65+,66?,67?,68?,69+,70+,71+,72+,73+,74+,75+,76-,78-/m1/s1. The van der Waals surface area contributed by atoms with Crippen LogP contribution in [-0.4, -0.2) is 579 Å². The Hall–Kier alpha value is -5.26. The van der Waals surface area contributed by atoms with Crippen molar-refractivity contribution in [3.8, 4) is 0 Å². The van der Waals surface area contributed by atoms with Crippen LogP contribution in [0.5, 0.6) is 0 Å². The number of azide groups is 1. The molecule has 61 heteroatoms. The number of hydrogen-bond acceptors (Lipinski definition) is 55. The van der Waals surface area contributed by atoms with Gasteiger partial charge in [-0.1, -0.05) is 12.0 Å². The number of ether oxygens (including phenoxy) is 22. The summed E-state index contributed by atoms with van der Waals surface area (Å²) in [5, 5.41) is 319. The molecule has 11 heterocycles. The van der Waals surface area contributed by atoms with Gasteiger partial charge in [-0.2, -0.15) is 0 Å². The molecule has 10 saturated heterocycles. The second-order valence-corrected chi connectivity index (χ2v) is 34.9. The Morgan fingerprint density at radius 1 is 0.432 bits per heavy atom. The molecule has 21 unspecified atom stereocenters. The van der Waals surface area contributed by atoms with E-state index in [1.807, 2.05) is 0 Å². The Bertz CT molecular complexity index is 3910. The fourth-order valence-corrected chi connectivity index (χ4v) is 17.8. The van der Waals surface area contributed by atoms with Gasteiger partial charge in [0.05, 0.1) is 105 Å². The first kappa shape index (κ1) is 114. The van der Waals surface area contributed by atoms with Crippen LogP contribution in [0.2, 0.25) is 0 Å². The van der Waals surface area contributed by atoms with E-state index in [4.69, 9.17) is 110 Å². The minimum absolute atomic E-state index is 0.0188. The largest absolute Gasteiger partial charge is 0.450 e. The van der Waals surface area contributed by atoms with E-state index in [1.165, 1.54) is 13.8 Å². The Kier molecular flexibility index (Phi) is 42.2. The maximum absolute atomic E-state index is 14.3. The molecule has 11 aliphatic heterocycles. The molecule has 0 radical (unpaired) electrons. The minimum Gasteiger partial charge on any atom is -0.450 e. The smallest absolute Gasteiger partial charge is 0.280 e. The molecule has 0 aromatic rings. The van der Waals surface area contributed by atoms with Gasteiger partial charge in [-0.05, 0) is 5.53 Å². The quantitative estimate of drug-likeness (QED) is 0.0117. The maximum atomic E-state index is 14.3. The number of carbonyl (C=O) groups excluding carboxylic acids is 4. The lowest BCUT2D eigenvalue weighted by Gasteiger charge is -2.51. The number of rotatable bonds is 43. The van der Waals surface area contributed by atoms with Crippen molar-refractivity contribution in [1.29, 1.82) is 0 Å². The maximum Gasteiger partial charge on any atom is 0.280 e.